The van der Waals surface area contributed by atoms with Crippen LogP contribution in [0.1, 0.15) is 42.7 Å². The van der Waals surface area contributed by atoms with Crippen molar-refractivity contribution in [1.82, 2.24) is 4.98 Å². The van der Waals surface area contributed by atoms with Gasteiger partial charge in [0.15, 0.2) is 0 Å². The molecule has 1 unspecified atom stereocenters. The van der Waals surface area contributed by atoms with E-state index in [-0.39, 0.29) is 0 Å². The smallest absolute Gasteiger partial charge is 0.129 e. The van der Waals surface area contributed by atoms with Gasteiger partial charge in [-0.1, -0.05) is 30.2 Å². The summed E-state index contributed by atoms with van der Waals surface area (Å²) >= 11 is 5.88. The Kier molecular flexibility index (Phi) is 3.62. The minimum absolute atomic E-state index is 0.428. The molecule has 1 aliphatic carbocycles. The summed E-state index contributed by atoms with van der Waals surface area (Å²) in [4.78, 5) is 4.17. The third-order valence-corrected chi connectivity index (χ3v) is 3.53. The van der Waals surface area contributed by atoms with Crippen molar-refractivity contribution in [2.24, 2.45) is 5.73 Å². The lowest BCUT2D eigenvalue weighted by molar-refractivity contribution is 0.539. The van der Waals surface area contributed by atoms with E-state index >= 15 is 0 Å². The molecule has 0 aromatic carbocycles. The minimum Gasteiger partial charge on any atom is -0.326 e. The minimum atomic E-state index is 0.428. The van der Waals surface area contributed by atoms with Crippen LogP contribution >= 0.6 is 11.6 Å². The predicted molar refractivity (Wildman–Crippen MR) is 67.5 cm³/mol. The third kappa shape index (κ3) is 2.28. The molecule has 3 heteroatoms. The van der Waals surface area contributed by atoms with Crippen molar-refractivity contribution < 1.29 is 0 Å². The van der Waals surface area contributed by atoms with Crippen molar-refractivity contribution in [2.75, 3.05) is 0 Å². The Morgan fingerprint density at radius 1 is 1.50 bits per heavy atom. The van der Waals surface area contributed by atoms with Crippen LogP contribution in [0.2, 0.25) is 5.15 Å². The highest BCUT2D eigenvalue weighted by Gasteiger charge is 2.21. The fraction of sp³-hybridized carbons (Fsp3) is 0.462. The quantitative estimate of drug-likeness (QED) is 0.631. The number of hydrogen-bond donors (Lipinski definition) is 1. The fourth-order valence-electron chi connectivity index (χ4n) is 2.42. The Morgan fingerprint density at radius 3 is 3.00 bits per heavy atom. The third-order valence-electron chi connectivity index (χ3n) is 3.32. The highest BCUT2D eigenvalue weighted by Crippen LogP contribution is 2.37. The zero-order valence-corrected chi connectivity index (χ0v) is 10.1. The molecule has 1 aliphatic rings. The molecular formula is C13H17ClN2. The van der Waals surface area contributed by atoms with Crippen LogP contribution in [-0.2, 0) is 6.54 Å². The van der Waals surface area contributed by atoms with Crippen LogP contribution in [0.15, 0.2) is 24.4 Å². The van der Waals surface area contributed by atoms with Gasteiger partial charge in [-0.3, -0.25) is 0 Å². The molecule has 0 radical (unpaired) electrons. The summed E-state index contributed by atoms with van der Waals surface area (Å²) in [6, 6.07) is 1.87. The van der Waals surface area contributed by atoms with E-state index in [0.29, 0.717) is 17.6 Å². The molecule has 0 saturated heterocycles. The highest BCUT2D eigenvalue weighted by molar-refractivity contribution is 6.29. The van der Waals surface area contributed by atoms with Gasteiger partial charge in [-0.2, -0.15) is 0 Å². The van der Waals surface area contributed by atoms with Crippen LogP contribution in [0.4, 0.5) is 0 Å². The molecule has 1 heterocycles. The molecule has 0 aliphatic heterocycles. The zero-order valence-electron chi connectivity index (χ0n) is 9.38. The first-order chi connectivity index (χ1) is 7.72. The van der Waals surface area contributed by atoms with Gasteiger partial charge in [0.1, 0.15) is 5.15 Å². The van der Waals surface area contributed by atoms with Gasteiger partial charge < -0.3 is 5.73 Å². The highest BCUT2D eigenvalue weighted by atomic mass is 35.5. The first-order valence-corrected chi connectivity index (χ1v) is 6.12. The van der Waals surface area contributed by atoms with Gasteiger partial charge in [-0.05, 0) is 36.5 Å². The van der Waals surface area contributed by atoms with E-state index in [1.807, 2.05) is 12.3 Å². The van der Waals surface area contributed by atoms with Gasteiger partial charge in [0.05, 0.1) is 0 Å². The molecule has 16 heavy (non-hydrogen) atoms. The second kappa shape index (κ2) is 4.98. The molecule has 1 aromatic heterocycles. The molecule has 86 valence electrons. The van der Waals surface area contributed by atoms with Gasteiger partial charge in [0.25, 0.3) is 0 Å². The second-order valence-electron chi connectivity index (χ2n) is 4.37. The van der Waals surface area contributed by atoms with Crippen LogP contribution in [0, 0.1) is 0 Å². The Hall–Kier alpha value is -0.860. The molecule has 2 N–H and O–H groups in total. The number of aromatic nitrogens is 1. The SMILES string of the molecule is C=C1CCCCC1c1cnc(Cl)cc1CN. The van der Waals surface area contributed by atoms with E-state index in [9.17, 15) is 0 Å². The van der Waals surface area contributed by atoms with Crippen molar-refractivity contribution in [3.05, 3.63) is 40.7 Å². The molecule has 1 atom stereocenters. The number of rotatable bonds is 2. The normalized spacial score (nSPS) is 21.1. The van der Waals surface area contributed by atoms with E-state index < -0.39 is 0 Å². The van der Waals surface area contributed by atoms with Gasteiger partial charge in [0.2, 0.25) is 0 Å². The summed E-state index contributed by atoms with van der Waals surface area (Å²) in [6.07, 6.45) is 6.67. The lowest BCUT2D eigenvalue weighted by Gasteiger charge is -2.26. The summed E-state index contributed by atoms with van der Waals surface area (Å²) in [5.74, 6) is 0.428. The number of pyridine rings is 1. The Balaban J connectivity index is 2.34. The van der Waals surface area contributed by atoms with Crippen molar-refractivity contribution in [3.63, 3.8) is 0 Å². The average molecular weight is 237 g/mol. The number of hydrogen-bond acceptors (Lipinski definition) is 2. The summed E-state index contributed by atoms with van der Waals surface area (Å²) < 4.78 is 0. The van der Waals surface area contributed by atoms with Crippen LogP contribution in [0.25, 0.3) is 0 Å². The Bertz CT molecular complexity index is 401. The first-order valence-electron chi connectivity index (χ1n) is 5.74. The molecule has 0 bridgehead atoms. The van der Waals surface area contributed by atoms with E-state index in [4.69, 9.17) is 17.3 Å². The van der Waals surface area contributed by atoms with E-state index in [2.05, 4.69) is 11.6 Å². The first kappa shape index (κ1) is 11.6. The van der Waals surface area contributed by atoms with Crippen LogP contribution in [0.3, 0.4) is 0 Å². The number of nitrogens with zero attached hydrogens (tertiary/aromatic N) is 1. The van der Waals surface area contributed by atoms with Crippen molar-refractivity contribution in [2.45, 2.75) is 38.1 Å². The maximum Gasteiger partial charge on any atom is 0.129 e. The molecule has 1 saturated carbocycles. The van der Waals surface area contributed by atoms with E-state index in [1.165, 1.54) is 24.0 Å². The van der Waals surface area contributed by atoms with Gasteiger partial charge in [0, 0.05) is 18.7 Å². The zero-order chi connectivity index (χ0) is 11.5. The molecule has 2 rings (SSSR count). The van der Waals surface area contributed by atoms with E-state index in [0.717, 1.165) is 18.4 Å². The monoisotopic (exact) mass is 236 g/mol. The molecule has 0 amide bonds. The predicted octanol–water partition coefficient (Wildman–Crippen LogP) is 3.41. The number of halogens is 1. The summed E-state index contributed by atoms with van der Waals surface area (Å²) in [5.41, 5.74) is 9.39. The molecule has 0 spiro atoms. The van der Waals surface area contributed by atoms with Crippen LogP contribution in [0.5, 0.6) is 0 Å². The lowest BCUT2D eigenvalue weighted by Crippen LogP contribution is -2.12. The van der Waals surface area contributed by atoms with Crippen LogP contribution < -0.4 is 5.73 Å². The Labute approximate surface area is 102 Å². The van der Waals surface area contributed by atoms with Crippen molar-refractivity contribution in [3.8, 4) is 0 Å². The van der Waals surface area contributed by atoms with Gasteiger partial charge in [-0.25, -0.2) is 4.98 Å². The largest absolute Gasteiger partial charge is 0.326 e. The molecule has 2 nitrogen and oxygen atoms in total. The molecule has 1 aromatic rings. The van der Waals surface area contributed by atoms with Gasteiger partial charge >= 0.3 is 0 Å². The van der Waals surface area contributed by atoms with Gasteiger partial charge in [-0.15, -0.1) is 0 Å². The lowest BCUT2D eigenvalue weighted by atomic mass is 9.80. The summed E-state index contributed by atoms with van der Waals surface area (Å²) in [5, 5.41) is 0.519. The summed E-state index contributed by atoms with van der Waals surface area (Å²) in [6.45, 7) is 4.68. The van der Waals surface area contributed by atoms with Crippen molar-refractivity contribution >= 4 is 11.6 Å². The standard InChI is InChI=1S/C13H17ClN2/c1-9-4-2-3-5-11(9)12-8-16-13(14)6-10(12)7-15/h6,8,11H,1-5,7,15H2. The van der Waals surface area contributed by atoms with E-state index in [1.54, 1.807) is 0 Å². The maximum atomic E-state index is 5.88. The number of nitrogens with two attached hydrogens (primary N) is 1. The van der Waals surface area contributed by atoms with Crippen LogP contribution in [-0.4, -0.2) is 4.98 Å². The second-order valence-corrected chi connectivity index (χ2v) is 4.75. The average Bonchev–Trinajstić information content (AvgIpc) is 2.30. The summed E-state index contributed by atoms with van der Waals surface area (Å²) in [7, 11) is 0. The molecular weight excluding hydrogens is 220 g/mol. The number of allylic oxidation sites excluding steroid dienone is 1. The Morgan fingerprint density at radius 2 is 2.31 bits per heavy atom. The van der Waals surface area contributed by atoms with Crippen molar-refractivity contribution in [1.29, 1.82) is 0 Å². The topological polar surface area (TPSA) is 38.9 Å². The maximum absolute atomic E-state index is 5.88. The fourth-order valence-corrected chi connectivity index (χ4v) is 2.60. The molecule has 1 fully saturated rings.